The summed E-state index contributed by atoms with van der Waals surface area (Å²) in [6.07, 6.45) is -2.29. The topological polar surface area (TPSA) is 71.3 Å². The van der Waals surface area contributed by atoms with Crippen molar-refractivity contribution in [1.29, 1.82) is 0 Å². The van der Waals surface area contributed by atoms with Gasteiger partial charge >= 0.3 is 6.18 Å². The van der Waals surface area contributed by atoms with Gasteiger partial charge in [0.25, 0.3) is 5.91 Å². The smallest absolute Gasteiger partial charge is 0.416 e. The second-order valence-electron chi connectivity index (χ2n) is 9.54. The SMILES string of the molecule is COc1ccc(CCN(C)C(=O)c2coc(CN3CCN(Cc4ccc(C(F)(F)F)cc4)CC3)n2)cc1OC. The lowest BCUT2D eigenvalue weighted by Crippen LogP contribution is -2.45. The highest BCUT2D eigenvalue weighted by Gasteiger charge is 2.30. The summed E-state index contributed by atoms with van der Waals surface area (Å²) in [4.78, 5) is 23.3. The van der Waals surface area contributed by atoms with Crippen LogP contribution in [0.15, 0.2) is 53.1 Å². The number of oxazole rings is 1. The largest absolute Gasteiger partial charge is 0.493 e. The molecule has 1 fully saturated rings. The van der Waals surface area contributed by atoms with E-state index in [9.17, 15) is 18.0 Å². The summed E-state index contributed by atoms with van der Waals surface area (Å²) in [7, 11) is 4.90. The molecule has 1 amide bonds. The van der Waals surface area contributed by atoms with Gasteiger partial charge in [-0.3, -0.25) is 14.6 Å². The maximum Gasteiger partial charge on any atom is 0.416 e. The van der Waals surface area contributed by atoms with Gasteiger partial charge in [0.1, 0.15) is 6.26 Å². The average Bonchev–Trinajstić information content (AvgIpc) is 3.40. The van der Waals surface area contributed by atoms with Crippen LogP contribution < -0.4 is 9.47 Å². The number of alkyl halides is 3. The highest BCUT2D eigenvalue weighted by atomic mass is 19.4. The average molecular weight is 547 g/mol. The predicted octanol–water partition coefficient (Wildman–Crippen LogP) is 4.34. The Morgan fingerprint density at radius 3 is 2.18 bits per heavy atom. The molecule has 4 rings (SSSR count). The number of piperazine rings is 1. The first-order valence-corrected chi connectivity index (χ1v) is 12.7. The molecule has 1 saturated heterocycles. The van der Waals surface area contributed by atoms with Gasteiger partial charge in [-0.2, -0.15) is 13.2 Å². The van der Waals surface area contributed by atoms with Crippen molar-refractivity contribution < 1.29 is 31.9 Å². The molecule has 1 aliphatic heterocycles. The minimum absolute atomic E-state index is 0.216. The summed E-state index contributed by atoms with van der Waals surface area (Å²) in [5.74, 6) is 1.56. The fourth-order valence-electron chi connectivity index (χ4n) is 4.47. The number of methoxy groups -OCH3 is 2. The van der Waals surface area contributed by atoms with Gasteiger partial charge in [-0.05, 0) is 41.8 Å². The molecule has 0 spiro atoms. The Hall–Kier alpha value is -3.57. The lowest BCUT2D eigenvalue weighted by atomic mass is 10.1. The van der Waals surface area contributed by atoms with Gasteiger partial charge in [-0.15, -0.1) is 0 Å². The van der Waals surface area contributed by atoms with Gasteiger partial charge in [0.15, 0.2) is 17.2 Å². The van der Waals surface area contributed by atoms with Crippen molar-refractivity contribution >= 4 is 5.91 Å². The van der Waals surface area contributed by atoms with E-state index in [0.717, 1.165) is 49.4 Å². The molecule has 0 saturated carbocycles. The first-order chi connectivity index (χ1) is 18.7. The van der Waals surface area contributed by atoms with Crippen LogP contribution in [0.4, 0.5) is 13.2 Å². The third-order valence-corrected chi connectivity index (χ3v) is 6.81. The Morgan fingerprint density at radius 2 is 1.56 bits per heavy atom. The molecule has 8 nitrogen and oxygen atoms in total. The molecule has 1 aliphatic rings. The Balaban J connectivity index is 1.22. The quantitative estimate of drug-likeness (QED) is 0.375. The molecule has 39 heavy (non-hydrogen) atoms. The molecule has 0 unspecified atom stereocenters. The lowest BCUT2D eigenvalue weighted by molar-refractivity contribution is -0.137. The maximum atomic E-state index is 12.9. The number of aromatic nitrogens is 1. The molecule has 0 bridgehead atoms. The predicted molar refractivity (Wildman–Crippen MR) is 139 cm³/mol. The summed E-state index contributed by atoms with van der Waals surface area (Å²) < 4.78 is 54.5. The number of ether oxygens (including phenoxy) is 2. The molecule has 1 aromatic heterocycles. The number of hydrogen-bond donors (Lipinski definition) is 0. The van der Waals surface area contributed by atoms with E-state index in [1.807, 2.05) is 18.2 Å². The van der Waals surface area contributed by atoms with Crippen LogP contribution in [-0.4, -0.2) is 79.6 Å². The van der Waals surface area contributed by atoms with Gasteiger partial charge in [0.05, 0.1) is 26.3 Å². The van der Waals surface area contributed by atoms with Crippen LogP contribution >= 0.6 is 0 Å². The Kier molecular flexibility index (Phi) is 9.13. The van der Waals surface area contributed by atoms with Gasteiger partial charge < -0.3 is 18.8 Å². The van der Waals surface area contributed by atoms with Gasteiger partial charge in [0, 0.05) is 46.3 Å². The van der Waals surface area contributed by atoms with Crippen LogP contribution in [0.2, 0.25) is 0 Å². The minimum atomic E-state index is -4.32. The Labute approximate surface area is 225 Å². The molecule has 3 aromatic rings. The van der Waals surface area contributed by atoms with Gasteiger partial charge in [0.2, 0.25) is 5.89 Å². The van der Waals surface area contributed by atoms with Crippen molar-refractivity contribution in [2.24, 2.45) is 0 Å². The normalized spacial score (nSPS) is 14.8. The van der Waals surface area contributed by atoms with Crippen molar-refractivity contribution in [2.45, 2.75) is 25.7 Å². The molecule has 0 aliphatic carbocycles. The summed E-state index contributed by atoms with van der Waals surface area (Å²) in [5.41, 5.74) is 1.50. The fraction of sp³-hybridized carbons (Fsp3) is 0.429. The van der Waals surface area contributed by atoms with E-state index in [1.54, 1.807) is 26.2 Å². The van der Waals surface area contributed by atoms with Crippen LogP contribution in [0.5, 0.6) is 11.5 Å². The third kappa shape index (κ3) is 7.51. The standard InChI is InChI=1S/C28H33F3N4O4/c1-33(11-10-20-6-9-24(37-2)25(16-20)38-3)27(36)23-19-39-26(32-23)18-35-14-12-34(13-15-35)17-21-4-7-22(8-5-21)28(29,30)31/h4-9,16,19H,10-15,17-18H2,1-3H3. The Bertz CT molecular complexity index is 1240. The van der Waals surface area contributed by atoms with Crippen molar-refractivity contribution in [3.8, 4) is 11.5 Å². The first-order valence-electron chi connectivity index (χ1n) is 12.7. The molecular weight excluding hydrogens is 513 g/mol. The summed E-state index contributed by atoms with van der Waals surface area (Å²) in [6.45, 7) is 4.64. The van der Waals surface area contributed by atoms with Crippen LogP contribution in [0, 0.1) is 0 Å². The van der Waals surface area contributed by atoms with Gasteiger partial charge in [-0.25, -0.2) is 4.98 Å². The number of benzene rings is 2. The second kappa shape index (κ2) is 12.5. The number of rotatable bonds is 10. The Morgan fingerprint density at radius 1 is 0.949 bits per heavy atom. The van der Waals surface area contributed by atoms with Crippen molar-refractivity contribution in [2.75, 3.05) is 54.0 Å². The van der Waals surface area contributed by atoms with E-state index >= 15 is 0 Å². The highest BCUT2D eigenvalue weighted by Crippen LogP contribution is 2.29. The van der Waals surface area contributed by atoms with Crippen LogP contribution in [0.3, 0.4) is 0 Å². The number of likely N-dealkylation sites (N-methyl/N-ethyl adjacent to an activating group) is 1. The number of amides is 1. The second-order valence-corrected chi connectivity index (χ2v) is 9.54. The first kappa shape index (κ1) is 28.4. The lowest BCUT2D eigenvalue weighted by Gasteiger charge is -2.34. The number of carbonyl (C=O) groups excluding carboxylic acids is 1. The molecule has 0 radical (unpaired) electrons. The van der Waals surface area contributed by atoms with Crippen LogP contribution in [-0.2, 0) is 25.7 Å². The zero-order valence-electron chi connectivity index (χ0n) is 22.3. The molecule has 0 N–H and O–H groups in total. The molecule has 2 aromatic carbocycles. The summed E-state index contributed by atoms with van der Waals surface area (Å²) in [6, 6.07) is 11.0. The maximum absolute atomic E-state index is 12.9. The molecule has 210 valence electrons. The molecule has 11 heteroatoms. The van der Waals surface area contributed by atoms with Crippen molar-refractivity contribution in [3.05, 3.63) is 77.0 Å². The van der Waals surface area contributed by atoms with E-state index in [-0.39, 0.29) is 11.6 Å². The van der Waals surface area contributed by atoms with Crippen LogP contribution in [0.1, 0.15) is 33.1 Å². The minimum Gasteiger partial charge on any atom is -0.493 e. The van der Waals surface area contributed by atoms with Crippen LogP contribution in [0.25, 0.3) is 0 Å². The van der Waals surface area contributed by atoms with E-state index in [1.165, 1.54) is 18.4 Å². The molecular formula is C28H33F3N4O4. The number of nitrogens with zero attached hydrogens (tertiary/aromatic N) is 4. The molecule has 2 heterocycles. The van der Waals surface area contributed by atoms with Crippen molar-refractivity contribution in [1.82, 2.24) is 19.7 Å². The third-order valence-electron chi connectivity index (χ3n) is 6.81. The van der Waals surface area contributed by atoms with E-state index in [0.29, 0.717) is 43.4 Å². The van der Waals surface area contributed by atoms with Crippen molar-refractivity contribution in [3.63, 3.8) is 0 Å². The van der Waals surface area contributed by atoms with Gasteiger partial charge in [-0.1, -0.05) is 18.2 Å². The highest BCUT2D eigenvalue weighted by molar-refractivity contribution is 5.91. The number of carbonyl (C=O) groups is 1. The fourth-order valence-corrected chi connectivity index (χ4v) is 4.47. The van der Waals surface area contributed by atoms with E-state index < -0.39 is 11.7 Å². The monoisotopic (exact) mass is 546 g/mol. The zero-order valence-corrected chi connectivity index (χ0v) is 22.3. The zero-order chi connectivity index (χ0) is 28.0. The summed E-state index contributed by atoms with van der Waals surface area (Å²) >= 11 is 0. The van der Waals surface area contributed by atoms with E-state index in [2.05, 4.69) is 14.8 Å². The summed E-state index contributed by atoms with van der Waals surface area (Å²) in [5, 5.41) is 0. The number of halogens is 3. The van der Waals surface area contributed by atoms with E-state index in [4.69, 9.17) is 13.9 Å². The number of hydrogen-bond acceptors (Lipinski definition) is 7. The molecule has 0 atom stereocenters.